The zero-order valence-corrected chi connectivity index (χ0v) is 11.1. The average Bonchev–Trinajstić information content (AvgIpc) is 2.82. The van der Waals surface area contributed by atoms with Gasteiger partial charge in [0.05, 0.1) is 18.8 Å². The van der Waals surface area contributed by atoms with Gasteiger partial charge in [0, 0.05) is 19.6 Å². The molecule has 1 heterocycles. The molecule has 0 spiro atoms. The Balaban J connectivity index is 2.13. The summed E-state index contributed by atoms with van der Waals surface area (Å²) >= 11 is 0. The first-order valence-electron chi connectivity index (χ1n) is 6.40. The number of rotatable bonds is 3. The SMILES string of the molecule is COc1ccc(CN2CCC(O)C2)cc1C#CCO. The summed E-state index contributed by atoms with van der Waals surface area (Å²) in [6.07, 6.45) is 0.639. The van der Waals surface area contributed by atoms with Crippen LogP contribution in [0.1, 0.15) is 17.5 Å². The molecule has 1 aromatic carbocycles. The van der Waals surface area contributed by atoms with E-state index in [2.05, 4.69) is 16.7 Å². The van der Waals surface area contributed by atoms with Gasteiger partial charge in [-0.05, 0) is 24.1 Å². The lowest BCUT2D eigenvalue weighted by Gasteiger charge is -2.15. The molecule has 2 rings (SSSR count). The summed E-state index contributed by atoms with van der Waals surface area (Å²) in [5.74, 6) is 6.25. The van der Waals surface area contributed by atoms with Crippen LogP contribution in [0.4, 0.5) is 0 Å². The minimum absolute atomic E-state index is 0.161. The van der Waals surface area contributed by atoms with Gasteiger partial charge in [0.15, 0.2) is 0 Å². The van der Waals surface area contributed by atoms with E-state index in [1.807, 2.05) is 18.2 Å². The molecule has 1 fully saturated rings. The van der Waals surface area contributed by atoms with Crippen LogP contribution in [0.15, 0.2) is 18.2 Å². The van der Waals surface area contributed by atoms with E-state index in [1.54, 1.807) is 7.11 Å². The third-order valence-electron chi connectivity index (χ3n) is 3.22. The lowest BCUT2D eigenvalue weighted by Crippen LogP contribution is -2.21. The molecule has 4 heteroatoms. The van der Waals surface area contributed by atoms with Crippen molar-refractivity contribution in [3.05, 3.63) is 29.3 Å². The van der Waals surface area contributed by atoms with Crippen LogP contribution < -0.4 is 4.74 Å². The van der Waals surface area contributed by atoms with Crippen molar-refractivity contribution < 1.29 is 14.9 Å². The van der Waals surface area contributed by atoms with Gasteiger partial charge in [-0.1, -0.05) is 17.9 Å². The third kappa shape index (κ3) is 3.71. The lowest BCUT2D eigenvalue weighted by atomic mass is 10.1. The molecule has 0 radical (unpaired) electrons. The molecule has 0 saturated carbocycles. The minimum atomic E-state index is -0.202. The fraction of sp³-hybridized carbons (Fsp3) is 0.467. The fourth-order valence-corrected chi connectivity index (χ4v) is 2.30. The van der Waals surface area contributed by atoms with Gasteiger partial charge in [-0.2, -0.15) is 0 Å². The number of hydrogen-bond donors (Lipinski definition) is 2. The number of aliphatic hydroxyl groups is 2. The lowest BCUT2D eigenvalue weighted by molar-refractivity contribution is 0.175. The van der Waals surface area contributed by atoms with Gasteiger partial charge in [0.2, 0.25) is 0 Å². The fourth-order valence-electron chi connectivity index (χ4n) is 2.30. The quantitative estimate of drug-likeness (QED) is 0.783. The molecule has 1 aromatic rings. The predicted octanol–water partition coefficient (Wildman–Crippen LogP) is 0.606. The Morgan fingerprint density at radius 1 is 1.47 bits per heavy atom. The number of hydrogen-bond acceptors (Lipinski definition) is 4. The molecule has 2 N–H and O–H groups in total. The normalized spacial score (nSPS) is 19.0. The van der Waals surface area contributed by atoms with Gasteiger partial charge in [-0.25, -0.2) is 0 Å². The first-order chi connectivity index (χ1) is 9.22. The highest BCUT2D eigenvalue weighted by atomic mass is 16.5. The zero-order valence-electron chi connectivity index (χ0n) is 11.1. The molecule has 4 nitrogen and oxygen atoms in total. The second kappa shape index (κ2) is 6.58. The molecular weight excluding hydrogens is 242 g/mol. The molecule has 0 amide bonds. The maximum atomic E-state index is 9.52. The zero-order chi connectivity index (χ0) is 13.7. The smallest absolute Gasteiger partial charge is 0.134 e. The summed E-state index contributed by atoms with van der Waals surface area (Å²) in [6.45, 7) is 2.29. The van der Waals surface area contributed by atoms with E-state index in [-0.39, 0.29) is 12.7 Å². The van der Waals surface area contributed by atoms with Crippen LogP contribution in [0.2, 0.25) is 0 Å². The Kier molecular flexibility index (Phi) is 4.80. The van der Waals surface area contributed by atoms with Crippen LogP contribution >= 0.6 is 0 Å². The maximum absolute atomic E-state index is 9.52. The van der Waals surface area contributed by atoms with E-state index >= 15 is 0 Å². The molecule has 0 aromatic heterocycles. The first-order valence-corrected chi connectivity index (χ1v) is 6.40. The average molecular weight is 261 g/mol. The van der Waals surface area contributed by atoms with Gasteiger partial charge in [-0.15, -0.1) is 0 Å². The third-order valence-corrected chi connectivity index (χ3v) is 3.22. The second-order valence-electron chi connectivity index (χ2n) is 4.67. The maximum Gasteiger partial charge on any atom is 0.134 e. The highest BCUT2D eigenvalue weighted by Crippen LogP contribution is 2.21. The molecular formula is C15H19NO3. The number of likely N-dealkylation sites (tertiary alicyclic amines) is 1. The second-order valence-corrected chi connectivity index (χ2v) is 4.67. The van der Waals surface area contributed by atoms with Crippen molar-refractivity contribution in [2.75, 3.05) is 26.8 Å². The first kappa shape index (κ1) is 13.9. The van der Waals surface area contributed by atoms with Crippen molar-refractivity contribution in [3.63, 3.8) is 0 Å². The Labute approximate surface area is 113 Å². The van der Waals surface area contributed by atoms with Crippen LogP contribution in [-0.4, -0.2) is 48.0 Å². The molecule has 0 aliphatic carbocycles. The molecule has 1 aliphatic heterocycles. The van der Waals surface area contributed by atoms with Crippen LogP contribution in [0.25, 0.3) is 0 Å². The summed E-state index contributed by atoms with van der Waals surface area (Å²) in [4.78, 5) is 2.22. The van der Waals surface area contributed by atoms with E-state index in [0.29, 0.717) is 5.75 Å². The van der Waals surface area contributed by atoms with Crippen molar-refractivity contribution in [1.29, 1.82) is 0 Å². The Hall–Kier alpha value is -1.54. The van der Waals surface area contributed by atoms with Crippen LogP contribution in [0, 0.1) is 11.8 Å². The molecule has 102 valence electrons. The van der Waals surface area contributed by atoms with Crippen LogP contribution in [0.3, 0.4) is 0 Å². The highest BCUT2D eigenvalue weighted by Gasteiger charge is 2.20. The minimum Gasteiger partial charge on any atom is -0.495 e. The number of ether oxygens (including phenoxy) is 1. The van der Waals surface area contributed by atoms with E-state index in [9.17, 15) is 5.11 Å². The van der Waals surface area contributed by atoms with E-state index in [1.165, 1.54) is 0 Å². The van der Waals surface area contributed by atoms with Crippen molar-refractivity contribution in [1.82, 2.24) is 4.90 Å². The summed E-state index contributed by atoms with van der Waals surface area (Å²) in [6, 6.07) is 5.88. The van der Waals surface area contributed by atoms with Crippen molar-refractivity contribution in [2.45, 2.75) is 19.1 Å². The van der Waals surface area contributed by atoms with Crippen molar-refractivity contribution >= 4 is 0 Å². The number of methoxy groups -OCH3 is 1. The highest BCUT2D eigenvalue weighted by molar-refractivity contribution is 5.48. The number of aliphatic hydroxyl groups excluding tert-OH is 2. The summed E-state index contributed by atoms with van der Waals surface area (Å²) in [5.41, 5.74) is 1.92. The van der Waals surface area contributed by atoms with Crippen LogP contribution in [-0.2, 0) is 6.54 Å². The Morgan fingerprint density at radius 3 is 2.95 bits per heavy atom. The van der Waals surface area contributed by atoms with E-state index in [4.69, 9.17) is 9.84 Å². The van der Waals surface area contributed by atoms with Crippen LogP contribution in [0.5, 0.6) is 5.75 Å². The largest absolute Gasteiger partial charge is 0.495 e. The Morgan fingerprint density at radius 2 is 2.32 bits per heavy atom. The molecule has 1 atom stereocenters. The Bertz CT molecular complexity index is 490. The molecule has 19 heavy (non-hydrogen) atoms. The summed E-state index contributed by atoms with van der Waals surface area (Å²) in [5, 5.41) is 18.3. The topological polar surface area (TPSA) is 52.9 Å². The molecule has 0 bridgehead atoms. The molecule has 1 aliphatic rings. The van der Waals surface area contributed by atoms with Gasteiger partial charge >= 0.3 is 0 Å². The van der Waals surface area contributed by atoms with Gasteiger partial charge in [0.1, 0.15) is 12.4 Å². The summed E-state index contributed by atoms with van der Waals surface area (Å²) in [7, 11) is 1.61. The van der Waals surface area contributed by atoms with E-state index in [0.717, 1.165) is 37.2 Å². The predicted molar refractivity (Wildman–Crippen MR) is 72.9 cm³/mol. The molecule has 1 saturated heterocycles. The van der Waals surface area contributed by atoms with Crippen molar-refractivity contribution in [2.24, 2.45) is 0 Å². The summed E-state index contributed by atoms with van der Waals surface area (Å²) < 4.78 is 5.25. The van der Waals surface area contributed by atoms with E-state index < -0.39 is 0 Å². The number of β-amino-alcohol motifs (C(OH)–C–C–N with tert-alkyl or cyclic N) is 1. The number of nitrogens with zero attached hydrogens (tertiary/aromatic N) is 1. The molecule has 1 unspecified atom stereocenters. The van der Waals surface area contributed by atoms with Gasteiger partial charge < -0.3 is 14.9 Å². The van der Waals surface area contributed by atoms with Crippen molar-refractivity contribution in [3.8, 4) is 17.6 Å². The number of benzene rings is 1. The van der Waals surface area contributed by atoms with Gasteiger partial charge in [0.25, 0.3) is 0 Å². The standard InChI is InChI=1S/C15H19NO3/c1-19-15-5-4-12(9-13(15)3-2-8-17)10-16-7-6-14(18)11-16/h4-5,9,14,17-18H,6-8,10-11H2,1H3. The van der Waals surface area contributed by atoms with Gasteiger partial charge in [-0.3, -0.25) is 4.90 Å². The monoisotopic (exact) mass is 261 g/mol.